The lowest BCUT2D eigenvalue weighted by Gasteiger charge is -2.48. The molecule has 3 aromatic rings. The second kappa shape index (κ2) is 10.7. The van der Waals surface area contributed by atoms with Crippen LogP contribution in [0.2, 0.25) is 0 Å². The second-order valence-electron chi connectivity index (χ2n) is 11.9. The summed E-state index contributed by atoms with van der Waals surface area (Å²) < 4.78 is 38.2. The molecule has 0 spiro atoms. The molecule has 0 amide bonds. The van der Waals surface area contributed by atoms with E-state index >= 15 is 0 Å². The molecule has 0 radical (unpaired) electrons. The predicted octanol–water partition coefficient (Wildman–Crippen LogP) is 3.93. The Hall–Kier alpha value is -3.56. The largest absolute Gasteiger partial charge is 0.387 e. The highest BCUT2D eigenvalue weighted by atomic mass is 32.2. The van der Waals surface area contributed by atoms with Gasteiger partial charge < -0.3 is 20.2 Å². The monoisotopic (exact) mass is 581 g/mol. The SMILES string of the molecule is CC(C)c1cc(C#N)c(N2C[C@H](CS(C)(=O)=O)[C@H]2C)c2cnc(Nc3ccnc(N4CC[C@@](C)(O)[C@@H](F)C4)n3)cc12. The van der Waals surface area contributed by atoms with Crippen LogP contribution in [0, 0.1) is 17.2 Å². The molecule has 0 bridgehead atoms. The number of hydrogen-bond acceptors (Lipinski definition) is 10. The molecule has 0 unspecified atom stereocenters. The third-order valence-electron chi connectivity index (χ3n) is 8.30. The fourth-order valence-electron chi connectivity index (χ4n) is 5.72. The third kappa shape index (κ3) is 5.78. The van der Waals surface area contributed by atoms with Gasteiger partial charge in [-0.2, -0.15) is 10.2 Å². The molecule has 4 atom stereocenters. The number of nitrogens with one attached hydrogen (secondary N) is 1. The van der Waals surface area contributed by atoms with Crippen molar-refractivity contribution in [3.63, 3.8) is 0 Å². The molecule has 5 rings (SSSR count). The lowest BCUT2D eigenvalue weighted by Crippen LogP contribution is -2.57. The van der Waals surface area contributed by atoms with Crippen LogP contribution in [0.4, 0.5) is 27.7 Å². The number of sulfone groups is 1. The molecule has 2 N–H and O–H groups in total. The van der Waals surface area contributed by atoms with Crippen molar-refractivity contribution in [2.45, 2.75) is 57.8 Å². The zero-order valence-corrected chi connectivity index (χ0v) is 24.8. The molecule has 2 aromatic heterocycles. The van der Waals surface area contributed by atoms with Crippen LogP contribution in [0.3, 0.4) is 0 Å². The third-order valence-corrected chi connectivity index (χ3v) is 9.34. The molecular weight excluding hydrogens is 545 g/mol. The van der Waals surface area contributed by atoms with Crippen molar-refractivity contribution in [3.8, 4) is 6.07 Å². The fourth-order valence-corrected chi connectivity index (χ4v) is 6.88. The Labute approximate surface area is 240 Å². The van der Waals surface area contributed by atoms with E-state index in [1.54, 1.807) is 23.4 Å². The van der Waals surface area contributed by atoms with Crippen molar-refractivity contribution in [3.05, 3.63) is 41.7 Å². The Morgan fingerprint density at radius 2 is 2.00 bits per heavy atom. The van der Waals surface area contributed by atoms with Gasteiger partial charge in [0, 0.05) is 49.1 Å². The van der Waals surface area contributed by atoms with Gasteiger partial charge in [-0.25, -0.2) is 22.8 Å². The van der Waals surface area contributed by atoms with Gasteiger partial charge in [-0.3, -0.25) is 0 Å². The summed E-state index contributed by atoms with van der Waals surface area (Å²) in [5.41, 5.74) is 0.960. The maximum atomic E-state index is 14.5. The van der Waals surface area contributed by atoms with Gasteiger partial charge in [-0.1, -0.05) is 13.8 Å². The summed E-state index contributed by atoms with van der Waals surface area (Å²) in [6.45, 7) is 8.64. The van der Waals surface area contributed by atoms with Crippen LogP contribution in [-0.4, -0.2) is 77.9 Å². The van der Waals surface area contributed by atoms with Gasteiger partial charge in [0.15, 0.2) is 0 Å². The lowest BCUT2D eigenvalue weighted by molar-refractivity contribution is -0.0332. The average molecular weight is 582 g/mol. The second-order valence-corrected chi connectivity index (χ2v) is 14.1. The van der Waals surface area contributed by atoms with E-state index in [1.807, 2.05) is 19.1 Å². The Bertz CT molecular complexity index is 1620. The summed E-state index contributed by atoms with van der Waals surface area (Å²) in [5, 5.41) is 25.2. The number of fused-ring (bicyclic) bond motifs is 1. The van der Waals surface area contributed by atoms with E-state index in [-0.39, 0.29) is 36.6 Å². The number of piperidine rings is 1. The zero-order valence-electron chi connectivity index (χ0n) is 24.0. The summed E-state index contributed by atoms with van der Waals surface area (Å²) >= 11 is 0. The Kier molecular flexibility index (Phi) is 7.55. The quantitative estimate of drug-likeness (QED) is 0.422. The standard InChI is InChI=1S/C29H36FN7O3S/c1-17(2)21-10-19(12-31)27(37-14-20(18(37)3)16-41(5,39)40)23-13-33-26(11-22(21)23)34-25-6-8-32-28(35-25)36-9-7-29(4,38)24(30)15-36/h6,8,10-11,13,17-18,20,24,38H,7,9,14-16H2,1-5H3,(H,32,33,34,35)/t18-,20-,24+,29-/m1/s1. The van der Waals surface area contributed by atoms with Crippen LogP contribution >= 0.6 is 0 Å². The van der Waals surface area contributed by atoms with Crippen molar-refractivity contribution in [1.29, 1.82) is 5.26 Å². The zero-order chi connectivity index (χ0) is 29.7. The number of hydrogen-bond donors (Lipinski definition) is 2. The minimum absolute atomic E-state index is 0.00377. The Morgan fingerprint density at radius 3 is 2.63 bits per heavy atom. The topological polar surface area (TPSA) is 135 Å². The molecule has 2 saturated heterocycles. The maximum Gasteiger partial charge on any atom is 0.227 e. The van der Waals surface area contributed by atoms with Crippen molar-refractivity contribution in [2.24, 2.45) is 5.92 Å². The van der Waals surface area contributed by atoms with E-state index in [0.717, 1.165) is 22.0 Å². The number of pyridine rings is 1. The summed E-state index contributed by atoms with van der Waals surface area (Å²) in [4.78, 5) is 17.3. The average Bonchev–Trinajstić information content (AvgIpc) is 2.91. The van der Waals surface area contributed by atoms with Gasteiger partial charge in [0.25, 0.3) is 0 Å². The number of anilines is 4. The number of halogens is 1. The first-order valence-electron chi connectivity index (χ1n) is 13.8. The number of alkyl halides is 1. The van der Waals surface area contributed by atoms with E-state index in [0.29, 0.717) is 36.2 Å². The molecule has 2 aliphatic rings. The highest BCUT2D eigenvalue weighted by molar-refractivity contribution is 7.90. The van der Waals surface area contributed by atoms with E-state index < -0.39 is 21.6 Å². The Balaban J connectivity index is 1.47. The van der Waals surface area contributed by atoms with Gasteiger partial charge in [-0.15, -0.1) is 0 Å². The van der Waals surface area contributed by atoms with Gasteiger partial charge in [0.2, 0.25) is 5.95 Å². The molecule has 2 fully saturated rings. The summed E-state index contributed by atoms with van der Waals surface area (Å²) in [6.07, 6.45) is 3.47. The summed E-state index contributed by atoms with van der Waals surface area (Å²) in [6, 6.07) is 7.88. The van der Waals surface area contributed by atoms with Crippen molar-refractivity contribution < 1.29 is 17.9 Å². The predicted molar refractivity (Wildman–Crippen MR) is 158 cm³/mol. The van der Waals surface area contributed by atoms with Gasteiger partial charge in [0.05, 0.1) is 29.1 Å². The summed E-state index contributed by atoms with van der Waals surface area (Å²) in [5.74, 6) is 1.66. The van der Waals surface area contributed by atoms with Crippen LogP contribution in [-0.2, 0) is 9.84 Å². The van der Waals surface area contributed by atoms with Crippen molar-refractivity contribution in [2.75, 3.05) is 46.8 Å². The fraction of sp³-hybridized carbons (Fsp3) is 0.517. The van der Waals surface area contributed by atoms with Gasteiger partial charge in [-0.05, 0) is 55.3 Å². The number of aromatic nitrogens is 3. The highest BCUT2D eigenvalue weighted by Crippen LogP contribution is 2.42. The molecule has 41 heavy (non-hydrogen) atoms. The smallest absolute Gasteiger partial charge is 0.227 e. The normalized spacial score (nSPS) is 24.8. The van der Waals surface area contributed by atoms with E-state index in [4.69, 9.17) is 0 Å². The number of aliphatic hydroxyl groups is 1. The molecule has 2 aliphatic heterocycles. The molecule has 0 saturated carbocycles. The van der Waals surface area contributed by atoms with Gasteiger partial charge in [0.1, 0.15) is 33.7 Å². The highest BCUT2D eigenvalue weighted by Gasteiger charge is 2.40. The van der Waals surface area contributed by atoms with Gasteiger partial charge >= 0.3 is 0 Å². The summed E-state index contributed by atoms with van der Waals surface area (Å²) in [7, 11) is -3.11. The van der Waals surface area contributed by atoms with E-state index in [2.05, 4.69) is 45.1 Å². The number of benzene rings is 1. The van der Waals surface area contributed by atoms with Crippen LogP contribution < -0.4 is 15.1 Å². The van der Waals surface area contributed by atoms with E-state index in [9.17, 15) is 23.2 Å². The minimum Gasteiger partial charge on any atom is -0.387 e. The molecular formula is C29H36FN7O3S. The number of rotatable bonds is 7. The van der Waals surface area contributed by atoms with E-state index in [1.165, 1.54) is 13.2 Å². The maximum absolute atomic E-state index is 14.5. The van der Waals surface area contributed by atoms with Crippen LogP contribution in [0.5, 0.6) is 0 Å². The Morgan fingerprint density at radius 1 is 1.24 bits per heavy atom. The first kappa shape index (κ1) is 29.0. The molecule has 218 valence electrons. The van der Waals surface area contributed by atoms with Crippen LogP contribution in [0.1, 0.15) is 51.2 Å². The molecule has 10 nitrogen and oxygen atoms in total. The number of nitriles is 1. The molecule has 1 aromatic carbocycles. The van der Waals surface area contributed by atoms with Crippen LogP contribution in [0.15, 0.2) is 30.6 Å². The molecule has 0 aliphatic carbocycles. The van der Waals surface area contributed by atoms with Crippen LogP contribution in [0.25, 0.3) is 10.8 Å². The molecule has 4 heterocycles. The lowest BCUT2D eigenvalue weighted by atomic mass is 9.87. The first-order valence-corrected chi connectivity index (χ1v) is 15.9. The van der Waals surface area contributed by atoms with Crippen molar-refractivity contribution >= 4 is 43.9 Å². The van der Waals surface area contributed by atoms with Crippen molar-refractivity contribution in [1.82, 2.24) is 15.0 Å². The molecule has 12 heteroatoms. The number of nitrogens with zero attached hydrogens (tertiary/aromatic N) is 6. The first-order chi connectivity index (χ1) is 19.3. The minimum atomic E-state index is -3.11.